The molecule has 0 aliphatic carbocycles. The van der Waals surface area contributed by atoms with Crippen molar-refractivity contribution in [3.8, 4) is 5.75 Å². The third kappa shape index (κ3) is 4.35. The molecule has 0 radical (unpaired) electrons. The number of hydrogen-bond acceptors (Lipinski definition) is 3. The van der Waals surface area contributed by atoms with Gasteiger partial charge in [0.15, 0.2) is 0 Å². The van der Waals surface area contributed by atoms with Crippen LogP contribution in [0.2, 0.25) is 5.02 Å². The molecule has 0 bridgehead atoms. The first-order chi connectivity index (χ1) is 12.6. The van der Waals surface area contributed by atoms with E-state index >= 15 is 0 Å². The van der Waals surface area contributed by atoms with E-state index in [0.717, 1.165) is 18.5 Å². The highest BCUT2D eigenvalue weighted by molar-refractivity contribution is 6.32. The number of nitrogens with zero attached hydrogens (tertiary/aromatic N) is 1. The van der Waals surface area contributed by atoms with Gasteiger partial charge in [0, 0.05) is 30.8 Å². The van der Waals surface area contributed by atoms with E-state index in [4.69, 9.17) is 16.3 Å². The Bertz CT molecular complexity index is 822. The minimum Gasteiger partial charge on any atom is -0.492 e. The average molecular weight is 373 g/mol. The lowest BCUT2D eigenvalue weighted by Gasteiger charge is -2.16. The molecule has 0 unspecified atom stereocenters. The third-order valence-corrected chi connectivity index (χ3v) is 4.52. The second-order valence-electron chi connectivity index (χ2n) is 6.15. The monoisotopic (exact) mass is 372 g/mol. The largest absolute Gasteiger partial charge is 0.492 e. The minimum absolute atomic E-state index is 0.170. The molecule has 2 aromatic carbocycles. The highest BCUT2D eigenvalue weighted by Crippen LogP contribution is 2.28. The summed E-state index contributed by atoms with van der Waals surface area (Å²) in [6, 6.07) is 12.5. The Morgan fingerprint density at radius 3 is 2.81 bits per heavy atom. The maximum absolute atomic E-state index is 12.5. The number of likely N-dealkylation sites (tertiary alicyclic amines) is 1. The van der Waals surface area contributed by atoms with Crippen molar-refractivity contribution in [1.82, 2.24) is 4.90 Å². The van der Waals surface area contributed by atoms with Crippen molar-refractivity contribution >= 4 is 29.1 Å². The Hall–Kier alpha value is -2.53. The van der Waals surface area contributed by atoms with Crippen LogP contribution in [0.5, 0.6) is 5.75 Å². The van der Waals surface area contributed by atoms with Crippen LogP contribution in [0.25, 0.3) is 0 Å². The van der Waals surface area contributed by atoms with Crippen molar-refractivity contribution < 1.29 is 14.3 Å². The van der Waals surface area contributed by atoms with Gasteiger partial charge in [0.05, 0.1) is 11.6 Å². The van der Waals surface area contributed by atoms with Gasteiger partial charge in [0.1, 0.15) is 5.75 Å². The van der Waals surface area contributed by atoms with Crippen LogP contribution in [0.15, 0.2) is 42.5 Å². The molecule has 26 heavy (non-hydrogen) atoms. The van der Waals surface area contributed by atoms with E-state index in [1.54, 1.807) is 24.3 Å². The van der Waals surface area contributed by atoms with Crippen LogP contribution in [-0.4, -0.2) is 29.9 Å². The molecule has 0 aromatic heterocycles. The summed E-state index contributed by atoms with van der Waals surface area (Å²) in [4.78, 5) is 26.1. The van der Waals surface area contributed by atoms with Gasteiger partial charge in [-0.25, -0.2) is 0 Å². The van der Waals surface area contributed by atoms with E-state index in [9.17, 15) is 9.59 Å². The minimum atomic E-state index is -0.222. The van der Waals surface area contributed by atoms with Crippen molar-refractivity contribution in [3.63, 3.8) is 0 Å². The maximum Gasteiger partial charge on any atom is 0.255 e. The van der Waals surface area contributed by atoms with Crippen LogP contribution in [0.3, 0.4) is 0 Å². The molecule has 3 rings (SSSR count). The van der Waals surface area contributed by atoms with Gasteiger partial charge < -0.3 is 15.0 Å². The number of rotatable bonds is 6. The molecule has 0 atom stereocenters. The summed E-state index contributed by atoms with van der Waals surface area (Å²) in [5.41, 5.74) is 2.08. The zero-order valence-electron chi connectivity index (χ0n) is 14.6. The van der Waals surface area contributed by atoms with E-state index in [-0.39, 0.29) is 11.8 Å². The molecule has 6 heteroatoms. The molecule has 2 amide bonds. The standard InChI is InChI=1S/C20H21ClN2O3/c1-2-26-18-9-8-16(12-17(18)21)22-20(25)15-6-3-5-14(11-15)13-23-10-4-7-19(23)24/h3,5-6,8-9,11-12H,2,4,7,10,13H2,1H3,(H,22,25). The summed E-state index contributed by atoms with van der Waals surface area (Å²) >= 11 is 6.16. The first-order valence-electron chi connectivity index (χ1n) is 8.67. The Labute approximate surface area is 157 Å². The second kappa shape index (κ2) is 8.23. The molecule has 1 aliphatic heterocycles. The smallest absolute Gasteiger partial charge is 0.255 e. The van der Waals surface area contributed by atoms with E-state index in [1.807, 2.05) is 30.0 Å². The van der Waals surface area contributed by atoms with E-state index in [0.29, 0.717) is 41.6 Å². The molecule has 5 nitrogen and oxygen atoms in total. The molecule has 2 aromatic rings. The Morgan fingerprint density at radius 1 is 1.27 bits per heavy atom. The van der Waals surface area contributed by atoms with Gasteiger partial charge in [-0.2, -0.15) is 0 Å². The van der Waals surface area contributed by atoms with Gasteiger partial charge in [0.2, 0.25) is 5.91 Å². The van der Waals surface area contributed by atoms with Crippen molar-refractivity contribution in [1.29, 1.82) is 0 Å². The molecule has 0 saturated carbocycles. The molecule has 1 heterocycles. The van der Waals surface area contributed by atoms with Crippen LogP contribution in [-0.2, 0) is 11.3 Å². The lowest BCUT2D eigenvalue weighted by Crippen LogP contribution is -2.24. The first kappa shape index (κ1) is 18.3. The average Bonchev–Trinajstić information content (AvgIpc) is 3.02. The molecule has 1 fully saturated rings. The number of anilines is 1. The second-order valence-corrected chi connectivity index (χ2v) is 6.56. The summed E-state index contributed by atoms with van der Waals surface area (Å²) in [5, 5.41) is 3.29. The van der Waals surface area contributed by atoms with Crippen LogP contribution < -0.4 is 10.1 Å². The predicted molar refractivity (Wildman–Crippen MR) is 102 cm³/mol. The number of hydrogen-bond donors (Lipinski definition) is 1. The highest BCUT2D eigenvalue weighted by atomic mass is 35.5. The van der Waals surface area contributed by atoms with Crippen molar-refractivity contribution in [2.24, 2.45) is 0 Å². The number of carbonyl (C=O) groups excluding carboxylic acids is 2. The van der Waals surface area contributed by atoms with Crippen LogP contribution in [0.1, 0.15) is 35.7 Å². The van der Waals surface area contributed by atoms with Crippen LogP contribution in [0.4, 0.5) is 5.69 Å². The summed E-state index contributed by atoms with van der Waals surface area (Å²) in [5.74, 6) is 0.535. The number of halogens is 1. The molecule has 1 saturated heterocycles. The zero-order valence-corrected chi connectivity index (χ0v) is 15.4. The summed E-state index contributed by atoms with van der Waals surface area (Å²) < 4.78 is 5.39. The van der Waals surface area contributed by atoms with Gasteiger partial charge in [-0.15, -0.1) is 0 Å². The maximum atomic E-state index is 12.5. The van der Waals surface area contributed by atoms with Crippen LogP contribution >= 0.6 is 11.6 Å². The van der Waals surface area contributed by atoms with Gasteiger partial charge in [-0.1, -0.05) is 23.7 Å². The fourth-order valence-corrected chi connectivity index (χ4v) is 3.19. The summed E-state index contributed by atoms with van der Waals surface area (Å²) in [7, 11) is 0. The summed E-state index contributed by atoms with van der Waals surface area (Å²) in [6.07, 6.45) is 1.51. The zero-order chi connectivity index (χ0) is 18.5. The number of carbonyl (C=O) groups is 2. The molecule has 136 valence electrons. The molecule has 1 aliphatic rings. The van der Waals surface area contributed by atoms with Gasteiger partial charge >= 0.3 is 0 Å². The fourth-order valence-electron chi connectivity index (χ4n) is 2.96. The van der Waals surface area contributed by atoms with Crippen molar-refractivity contribution in [2.75, 3.05) is 18.5 Å². The molecule has 0 spiro atoms. The van der Waals surface area contributed by atoms with Crippen LogP contribution in [0, 0.1) is 0 Å². The van der Waals surface area contributed by atoms with E-state index < -0.39 is 0 Å². The van der Waals surface area contributed by atoms with Gasteiger partial charge in [0.25, 0.3) is 5.91 Å². The Kier molecular flexibility index (Phi) is 5.78. The predicted octanol–water partition coefficient (Wildman–Crippen LogP) is 4.11. The first-order valence-corrected chi connectivity index (χ1v) is 9.05. The van der Waals surface area contributed by atoms with Crippen molar-refractivity contribution in [3.05, 3.63) is 58.6 Å². The highest BCUT2D eigenvalue weighted by Gasteiger charge is 2.20. The Balaban J connectivity index is 1.69. The number of nitrogens with one attached hydrogen (secondary N) is 1. The SMILES string of the molecule is CCOc1ccc(NC(=O)c2cccc(CN3CCCC3=O)c2)cc1Cl. The Morgan fingerprint density at radius 2 is 2.12 bits per heavy atom. The fraction of sp³-hybridized carbons (Fsp3) is 0.300. The number of amides is 2. The topological polar surface area (TPSA) is 58.6 Å². The lowest BCUT2D eigenvalue weighted by atomic mass is 10.1. The summed E-state index contributed by atoms with van der Waals surface area (Å²) in [6.45, 7) is 3.72. The van der Waals surface area contributed by atoms with E-state index in [1.165, 1.54) is 0 Å². The molecular weight excluding hydrogens is 352 g/mol. The molecule has 1 N–H and O–H groups in total. The third-order valence-electron chi connectivity index (χ3n) is 4.22. The normalized spacial score (nSPS) is 13.8. The van der Waals surface area contributed by atoms with Gasteiger partial charge in [-0.3, -0.25) is 9.59 Å². The quantitative estimate of drug-likeness (QED) is 0.830. The van der Waals surface area contributed by atoms with Crippen molar-refractivity contribution in [2.45, 2.75) is 26.3 Å². The number of benzene rings is 2. The lowest BCUT2D eigenvalue weighted by molar-refractivity contribution is -0.128. The van der Waals surface area contributed by atoms with E-state index in [2.05, 4.69) is 5.32 Å². The van der Waals surface area contributed by atoms with Gasteiger partial charge in [-0.05, 0) is 49.2 Å². The number of ether oxygens (including phenoxy) is 1. The molecular formula is C20H21ClN2O3.